The predicted octanol–water partition coefficient (Wildman–Crippen LogP) is 3.06. The van der Waals surface area contributed by atoms with Crippen LogP contribution in [0.3, 0.4) is 0 Å². The van der Waals surface area contributed by atoms with Crippen LogP contribution in [0.1, 0.15) is 25.3 Å². The topological polar surface area (TPSA) is 38.7 Å². The Morgan fingerprint density at radius 1 is 1.44 bits per heavy atom. The van der Waals surface area contributed by atoms with Gasteiger partial charge in [-0.2, -0.15) is 0 Å². The number of aliphatic hydroxyl groups is 1. The lowest BCUT2D eigenvalue weighted by atomic mass is 9.88. The number of halogens is 1. The normalized spacial score (nSPS) is 26.8. The van der Waals surface area contributed by atoms with Gasteiger partial charge in [-0.25, -0.2) is 0 Å². The molecule has 0 radical (unpaired) electrons. The van der Waals surface area contributed by atoms with Gasteiger partial charge in [0.15, 0.2) is 0 Å². The van der Waals surface area contributed by atoms with Crippen molar-refractivity contribution in [3.63, 3.8) is 0 Å². The maximum absolute atomic E-state index is 9.69. The highest BCUT2D eigenvalue weighted by Crippen LogP contribution is 2.32. The van der Waals surface area contributed by atoms with Gasteiger partial charge in [-0.1, -0.05) is 28.9 Å². The van der Waals surface area contributed by atoms with Crippen molar-refractivity contribution in [2.75, 3.05) is 6.61 Å². The SMILES string of the molecule is CCCOC1C(O)CC1Oc1cc(Br)ccc1C. The minimum Gasteiger partial charge on any atom is -0.487 e. The summed E-state index contributed by atoms with van der Waals surface area (Å²) in [5.41, 5.74) is 1.09. The van der Waals surface area contributed by atoms with Crippen molar-refractivity contribution in [2.45, 2.75) is 45.0 Å². The summed E-state index contributed by atoms with van der Waals surface area (Å²) in [6.45, 7) is 4.73. The number of ether oxygens (including phenoxy) is 2. The van der Waals surface area contributed by atoms with Gasteiger partial charge in [0, 0.05) is 17.5 Å². The molecule has 1 aromatic rings. The number of aryl methyl sites for hydroxylation is 1. The zero-order valence-corrected chi connectivity index (χ0v) is 12.3. The number of hydrogen-bond donors (Lipinski definition) is 1. The molecule has 3 unspecified atom stereocenters. The largest absolute Gasteiger partial charge is 0.487 e. The lowest BCUT2D eigenvalue weighted by Gasteiger charge is -2.41. The lowest BCUT2D eigenvalue weighted by Crippen LogP contribution is -2.55. The van der Waals surface area contributed by atoms with Gasteiger partial charge in [0.25, 0.3) is 0 Å². The molecule has 1 aliphatic carbocycles. The van der Waals surface area contributed by atoms with E-state index in [4.69, 9.17) is 9.47 Å². The fourth-order valence-corrected chi connectivity index (χ4v) is 2.35. The molecule has 0 amide bonds. The van der Waals surface area contributed by atoms with Crippen molar-refractivity contribution < 1.29 is 14.6 Å². The van der Waals surface area contributed by atoms with Crippen LogP contribution in [0.2, 0.25) is 0 Å². The van der Waals surface area contributed by atoms with E-state index >= 15 is 0 Å². The highest BCUT2D eigenvalue weighted by molar-refractivity contribution is 9.10. The number of aliphatic hydroxyl groups excluding tert-OH is 1. The minimum absolute atomic E-state index is 0.0421. The minimum atomic E-state index is -0.394. The third kappa shape index (κ3) is 3.05. The Labute approximate surface area is 116 Å². The standard InChI is InChI=1S/C14H19BrO3/c1-3-6-17-14-11(16)8-13(14)18-12-7-10(15)5-4-9(12)2/h4-5,7,11,13-14,16H,3,6,8H2,1-2H3. The van der Waals surface area contributed by atoms with Crippen LogP contribution in [-0.2, 0) is 4.74 Å². The lowest BCUT2D eigenvalue weighted by molar-refractivity contribution is -0.162. The molecular weight excluding hydrogens is 296 g/mol. The summed E-state index contributed by atoms with van der Waals surface area (Å²) in [5, 5.41) is 9.69. The van der Waals surface area contributed by atoms with Crippen LogP contribution in [0.5, 0.6) is 5.75 Å². The summed E-state index contributed by atoms with van der Waals surface area (Å²) in [7, 11) is 0. The van der Waals surface area contributed by atoms with Gasteiger partial charge in [-0.15, -0.1) is 0 Å². The zero-order chi connectivity index (χ0) is 13.1. The van der Waals surface area contributed by atoms with Crippen molar-refractivity contribution >= 4 is 15.9 Å². The zero-order valence-electron chi connectivity index (χ0n) is 10.7. The van der Waals surface area contributed by atoms with Crippen LogP contribution >= 0.6 is 15.9 Å². The van der Waals surface area contributed by atoms with Gasteiger partial charge in [0.2, 0.25) is 0 Å². The van der Waals surface area contributed by atoms with Crippen LogP contribution in [0, 0.1) is 6.92 Å². The van der Waals surface area contributed by atoms with Gasteiger partial charge in [-0.3, -0.25) is 0 Å². The highest BCUT2D eigenvalue weighted by atomic mass is 79.9. The van der Waals surface area contributed by atoms with E-state index in [0.717, 1.165) is 22.2 Å². The van der Waals surface area contributed by atoms with Gasteiger partial charge in [-0.05, 0) is 31.0 Å². The van der Waals surface area contributed by atoms with Gasteiger partial charge < -0.3 is 14.6 Å². The molecule has 1 aromatic carbocycles. The summed E-state index contributed by atoms with van der Waals surface area (Å²) in [6, 6.07) is 5.95. The first-order valence-corrected chi connectivity index (χ1v) is 7.13. The van der Waals surface area contributed by atoms with Crippen molar-refractivity contribution in [2.24, 2.45) is 0 Å². The van der Waals surface area contributed by atoms with E-state index in [1.807, 2.05) is 25.1 Å². The monoisotopic (exact) mass is 314 g/mol. The molecular formula is C14H19BrO3. The predicted molar refractivity (Wildman–Crippen MR) is 73.9 cm³/mol. The van der Waals surface area contributed by atoms with Crippen molar-refractivity contribution in [3.05, 3.63) is 28.2 Å². The summed E-state index contributed by atoms with van der Waals surface area (Å²) in [6.07, 6.45) is 0.962. The first-order valence-electron chi connectivity index (χ1n) is 6.34. The fourth-order valence-electron chi connectivity index (χ4n) is 2.01. The Morgan fingerprint density at radius 3 is 2.89 bits per heavy atom. The van der Waals surface area contributed by atoms with E-state index in [9.17, 15) is 5.11 Å². The second-order valence-corrected chi connectivity index (χ2v) is 5.62. The van der Waals surface area contributed by atoms with E-state index in [-0.39, 0.29) is 12.2 Å². The first-order chi connectivity index (χ1) is 8.61. The van der Waals surface area contributed by atoms with Crippen molar-refractivity contribution in [1.29, 1.82) is 0 Å². The molecule has 2 rings (SSSR count). The summed E-state index contributed by atoms with van der Waals surface area (Å²) >= 11 is 3.43. The van der Waals surface area contributed by atoms with Crippen molar-refractivity contribution in [3.8, 4) is 5.75 Å². The van der Waals surface area contributed by atoms with E-state index in [1.165, 1.54) is 0 Å². The second-order valence-electron chi connectivity index (χ2n) is 4.70. The van der Waals surface area contributed by atoms with Crippen molar-refractivity contribution in [1.82, 2.24) is 0 Å². The maximum atomic E-state index is 9.69. The Morgan fingerprint density at radius 2 is 2.22 bits per heavy atom. The van der Waals surface area contributed by atoms with Crippen LogP contribution in [0.4, 0.5) is 0 Å². The molecule has 1 N–H and O–H groups in total. The quantitative estimate of drug-likeness (QED) is 0.907. The van der Waals surface area contributed by atoms with Gasteiger partial charge in [0.05, 0.1) is 6.10 Å². The summed E-state index contributed by atoms with van der Waals surface area (Å²) in [5.74, 6) is 0.853. The molecule has 0 aromatic heterocycles. The van der Waals surface area contributed by atoms with E-state index in [1.54, 1.807) is 0 Å². The molecule has 1 fully saturated rings. The summed E-state index contributed by atoms with van der Waals surface area (Å²) < 4.78 is 12.5. The molecule has 3 atom stereocenters. The van der Waals surface area contributed by atoms with E-state index < -0.39 is 6.10 Å². The molecule has 18 heavy (non-hydrogen) atoms. The third-order valence-corrected chi connectivity index (χ3v) is 3.66. The number of hydrogen-bond acceptors (Lipinski definition) is 3. The molecule has 0 aliphatic heterocycles. The fraction of sp³-hybridized carbons (Fsp3) is 0.571. The molecule has 3 nitrogen and oxygen atoms in total. The van der Waals surface area contributed by atoms with E-state index in [2.05, 4.69) is 22.9 Å². The smallest absolute Gasteiger partial charge is 0.130 e. The molecule has 0 heterocycles. The van der Waals surface area contributed by atoms with Gasteiger partial charge in [0.1, 0.15) is 18.0 Å². The summed E-state index contributed by atoms with van der Waals surface area (Å²) in [4.78, 5) is 0. The van der Waals surface area contributed by atoms with E-state index in [0.29, 0.717) is 13.0 Å². The number of benzene rings is 1. The first kappa shape index (κ1) is 13.8. The van der Waals surface area contributed by atoms with Crippen LogP contribution < -0.4 is 4.74 Å². The Kier molecular flexibility index (Phi) is 4.65. The number of rotatable bonds is 5. The Hall–Kier alpha value is -0.580. The molecule has 0 saturated heterocycles. The third-order valence-electron chi connectivity index (χ3n) is 3.16. The highest BCUT2D eigenvalue weighted by Gasteiger charge is 2.42. The van der Waals surface area contributed by atoms with Crippen LogP contribution in [0.25, 0.3) is 0 Å². The average Bonchev–Trinajstić information content (AvgIpc) is 2.33. The molecule has 4 heteroatoms. The van der Waals surface area contributed by atoms with Crippen LogP contribution in [0.15, 0.2) is 22.7 Å². The maximum Gasteiger partial charge on any atom is 0.130 e. The Bertz CT molecular complexity index is 408. The van der Waals surface area contributed by atoms with Crippen LogP contribution in [-0.4, -0.2) is 30.0 Å². The molecule has 100 valence electrons. The molecule has 0 spiro atoms. The molecule has 0 bridgehead atoms. The molecule has 1 saturated carbocycles. The van der Waals surface area contributed by atoms with Gasteiger partial charge >= 0.3 is 0 Å². The second kappa shape index (κ2) is 6.04. The molecule has 1 aliphatic rings. The average molecular weight is 315 g/mol. The Balaban J connectivity index is 1.98.